The van der Waals surface area contributed by atoms with E-state index in [2.05, 4.69) is 15.0 Å². The van der Waals surface area contributed by atoms with E-state index < -0.39 is 0 Å². The van der Waals surface area contributed by atoms with E-state index in [9.17, 15) is 10.1 Å². The van der Waals surface area contributed by atoms with E-state index in [1.807, 2.05) is 12.1 Å². The van der Waals surface area contributed by atoms with Crippen LogP contribution in [-0.4, -0.2) is 15.0 Å². The molecule has 22 heavy (non-hydrogen) atoms. The zero-order valence-corrected chi connectivity index (χ0v) is 12.0. The van der Waals surface area contributed by atoms with E-state index in [0.29, 0.717) is 15.9 Å². The quantitative estimate of drug-likeness (QED) is 0.738. The lowest BCUT2D eigenvalue weighted by atomic mass is 10.1. The van der Waals surface area contributed by atoms with E-state index in [1.54, 1.807) is 42.7 Å². The zero-order valence-electron chi connectivity index (χ0n) is 11.2. The number of H-pyrrole nitrogens is 1. The number of aromatic nitrogens is 3. The van der Waals surface area contributed by atoms with Crippen molar-refractivity contribution in [3.63, 3.8) is 0 Å². The first-order valence-corrected chi connectivity index (χ1v) is 6.77. The van der Waals surface area contributed by atoms with Crippen LogP contribution < -0.4 is 5.56 Å². The number of fused-ring (bicyclic) bond motifs is 1. The molecule has 0 spiro atoms. The Labute approximate surface area is 130 Å². The fraction of sp³-hybridized carbons (Fsp3) is 0. The number of pyridine rings is 1. The molecule has 0 saturated heterocycles. The molecule has 0 fully saturated rings. The Morgan fingerprint density at radius 1 is 1.36 bits per heavy atom. The van der Waals surface area contributed by atoms with Crippen molar-refractivity contribution in [3.05, 3.63) is 69.5 Å². The summed E-state index contributed by atoms with van der Waals surface area (Å²) in [4.78, 5) is 23.0. The molecule has 0 bridgehead atoms. The average Bonchev–Trinajstić information content (AvgIpc) is 2.54. The molecule has 0 amide bonds. The number of nitrogens with zero attached hydrogens (tertiary/aromatic N) is 3. The predicted octanol–water partition coefficient (Wildman–Crippen LogP) is 3.04. The van der Waals surface area contributed by atoms with Crippen molar-refractivity contribution in [1.29, 1.82) is 5.26 Å². The van der Waals surface area contributed by atoms with Crippen LogP contribution in [0.3, 0.4) is 0 Å². The van der Waals surface area contributed by atoms with Crippen LogP contribution >= 0.6 is 11.6 Å². The van der Waals surface area contributed by atoms with Gasteiger partial charge in [-0.3, -0.25) is 9.78 Å². The number of rotatable bonds is 2. The summed E-state index contributed by atoms with van der Waals surface area (Å²) in [6.45, 7) is 0. The molecule has 106 valence electrons. The molecule has 6 heteroatoms. The van der Waals surface area contributed by atoms with E-state index in [0.717, 1.165) is 5.56 Å². The highest BCUT2D eigenvalue weighted by Gasteiger charge is 2.08. The third-order valence-electron chi connectivity index (χ3n) is 3.04. The summed E-state index contributed by atoms with van der Waals surface area (Å²) < 4.78 is 0. The highest BCUT2D eigenvalue weighted by Crippen LogP contribution is 2.18. The molecule has 3 rings (SSSR count). The molecular weight excluding hydrogens is 300 g/mol. The number of nitrogens with one attached hydrogen (secondary N) is 1. The summed E-state index contributed by atoms with van der Waals surface area (Å²) in [5.74, 6) is 0.214. The smallest absolute Gasteiger partial charge is 0.259 e. The molecular formula is C16H9ClN4O. The van der Waals surface area contributed by atoms with Gasteiger partial charge in [-0.2, -0.15) is 5.26 Å². The highest BCUT2D eigenvalue weighted by atomic mass is 35.5. The van der Waals surface area contributed by atoms with Gasteiger partial charge in [0.1, 0.15) is 6.07 Å². The van der Waals surface area contributed by atoms with Gasteiger partial charge in [-0.05, 0) is 35.9 Å². The van der Waals surface area contributed by atoms with Crippen LogP contribution in [-0.2, 0) is 0 Å². The number of nitriles is 1. The summed E-state index contributed by atoms with van der Waals surface area (Å²) in [5, 5.41) is 10.2. The van der Waals surface area contributed by atoms with Gasteiger partial charge in [0.05, 0.1) is 16.5 Å². The number of hydrogen-bond donors (Lipinski definition) is 1. The lowest BCUT2D eigenvalue weighted by Crippen LogP contribution is -2.11. The van der Waals surface area contributed by atoms with Crippen molar-refractivity contribution in [2.75, 3.05) is 0 Å². The summed E-state index contributed by atoms with van der Waals surface area (Å²) in [6.07, 6.45) is 4.88. The second-order valence-electron chi connectivity index (χ2n) is 4.53. The first-order chi connectivity index (χ1) is 10.7. The van der Waals surface area contributed by atoms with Gasteiger partial charge in [0.2, 0.25) is 0 Å². The minimum absolute atomic E-state index is 0.214. The van der Waals surface area contributed by atoms with Gasteiger partial charge in [-0.1, -0.05) is 17.7 Å². The van der Waals surface area contributed by atoms with Crippen LogP contribution in [0.1, 0.15) is 11.4 Å². The largest absolute Gasteiger partial charge is 0.305 e. The monoisotopic (exact) mass is 308 g/mol. The maximum atomic E-state index is 12.1. The molecule has 1 aromatic carbocycles. The predicted molar refractivity (Wildman–Crippen MR) is 85.1 cm³/mol. The number of halogens is 1. The van der Waals surface area contributed by atoms with Gasteiger partial charge in [0.25, 0.3) is 5.56 Å². The molecule has 0 atom stereocenters. The van der Waals surface area contributed by atoms with Crippen molar-refractivity contribution in [2.45, 2.75) is 0 Å². The van der Waals surface area contributed by atoms with Crippen LogP contribution in [0.25, 0.3) is 22.6 Å². The molecule has 0 saturated carbocycles. The van der Waals surface area contributed by atoms with Crippen LogP contribution in [0.5, 0.6) is 0 Å². The second kappa shape index (κ2) is 5.80. The standard InChI is InChI=1S/C16H9ClN4O/c17-12-3-4-14-13(7-12)16(22)21-15(20-14)11(8-18)6-10-2-1-5-19-9-10/h1-7,9H,(H,20,21,22)/b11-6-. The Balaban J connectivity index is 2.17. The van der Waals surface area contributed by atoms with Crippen molar-refractivity contribution in [2.24, 2.45) is 0 Å². The number of hydrogen-bond acceptors (Lipinski definition) is 4. The van der Waals surface area contributed by atoms with E-state index in [1.165, 1.54) is 0 Å². The molecule has 5 nitrogen and oxygen atoms in total. The SMILES string of the molecule is N#C/C(=C/c1cccnc1)c1nc2ccc(Cl)cc2c(=O)[nH]1. The fourth-order valence-corrected chi connectivity index (χ4v) is 2.19. The third kappa shape index (κ3) is 2.73. The van der Waals surface area contributed by atoms with Gasteiger partial charge in [0, 0.05) is 17.4 Å². The van der Waals surface area contributed by atoms with Crippen LogP contribution in [0.4, 0.5) is 0 Å². The molecule has 0 aliphatic heterocycles. The minimum atomic E-state index is -0.338. The van der Waals surface area contributed by atoms with Crippen LogP contribution in [0.15, 0.2) is 47.5 Å². The van der Waals surface area contributed by atoms with Gasteiger partial charge >= 0.3 is 0 Å². The first kappa shape index (κ1) is 14.0. The summed E-state index contributed by atoms with van der Waals surface area (Å²) >= 11 is 5.88. The maximum absolute atomic E-state index is 12.1. The Hall–Kier alpha value is -2.97. The molecule has 0 unspecified atom stereocenters. The maximum Gasteiger partial charge on any atom is 0.259 e. The Bertz CT molecular complexity index is 971. The number of allylic oxidation sites excluding steroid dienone is 1. The normalized spacial score (nSPS) is 11.4. The van der Waals surface area contributed by atoms with Gasteiger partial charge < -0.3 is 4.98 Å². The molecule has 1 N–H and O–H groups in total. The molecule has 0 aliphatic rings. The van der Waals surface area contributed by atoms with Crippen LogP contribution in [0, 0.1) is 11.3 Å². The number of aromatic amines is 1. The summed E-state index contributed by atoms with van der Waals surface area (Å²) in [5.41, 5.74) is 1.14. The van der Waals surface area contributed by atoms with Crippen molar-refractivity contribution < 1.29 is 0 Å². The molecule has 2 aromatic heterocycles. The Morgan fingerprint density at radius 2 is 2.23 bits per heavy atom. The van der Waals surface area contributed by atoms with Crippen molar-refractivity contribution >= 4 is 34.2 Å². The molecule has 0 aliphatic carbocycles. The lowest BCUT2D eigenvalue weighted by molar-refractivity contribution is 1.13. The second-order valence-corrected chi connectivity index (χ2v) is 4.97. The molecule has 0 radical (unpaired) electrons. The average molecular weight is 309 g/mol. The third-order valence-corrected chi connectivity index (χ3v) is 3.27. The van der Waals surface area contributed by atoms with Crippen molar-refractivity contribution in [3.8, 4) is 6.07 Å². The Morgan fingerprint density at radius 3 is 2.95 bits per heavy atom. The summed E-state index contributed by atoms with van der Waals surface area (Å²) in [7, 11) is 0. The first-order valence-electron chi connectivity index (χ1n) is 6.39. The molecule has 3 aromatic rings. The number of benzene rings is 1. The fourth-order valence-electron chi connectivity index (χ4n) is 2.02. The van der Waals surface area contributed by atoms with Gasteiger partial charge in [0.15, 0.2) is 5.82 Å². The lowest BCUT2D eigenvalue weighted by Gasteiger charge is -2.02. The van der Waals surface area contributed by atoms with Crippen LogP contribution in [0.2, 0.25) is 5.02 Å². The topological polar surface area (TPSA) is 82.4 Å². The van der Waals surface area contributed by atoms with Crippen molar-refractivity contribution in [1.82, 2.24) is 15.0 Å². The van der Waals surface area contributed by atoms with Gasteiger partial charge in [-0.25, -0.2) is 4.98 Å². The summed E-state index contributed by atoms with van der Waals surface area (Å²) in [6, 6.07) is 10.5. The molecule has 2 heterocycles. The van der Waals surface area contributed by atoms with E-state index in [4.69, 9.17) is 11.6 Å². The Kier molecular flexibility index (Phi) is 3.69. The zero-order chi connectivity index (χ0) is 15.5. The highest BCUT2D eigenvalue weighted by molar-refractivity contribution is 6.31. The minimum Gasteiger partial charge on any atom is -0.305 e. The van der Waals surface area contributed by atoms with E-state index >= 15 is 0 Å². The van der Waals surface area contributed by atoms with Gasteiger partial charge in [-0.15, -0.1) is 0 Å². The van der Waals surface area contributed by atoms with E-state index in [-0.39, 0.29) is 17.0 Å².